The molecule has 0 spiro atoms. The number of aryl methyl sites for hydroxylation is 1. The van der Waals surface area contributed by atoms with E-state index in [0.29, 0.717) is 26.0 Å². The van der Waals surface area contributed by atoms with Crippen molar-refractivity contribution in [3.8, 4) is 5.75 Å². The maximum atomic E-state index is 11.1. The summed E-state index contributed by atoms with van der Waals surface area (Å²) >= 11 is 0. The van der Waals surface area contributed by atoms with Gasteiger partial charge in [-0.05, 0) is 38.3 Å². The SMILES string of the molecule is Cc1ccc(OCCNC2(C(=O)O)CCC2)cc1. The van der Waals surface area contributed by atoms with Gasteiger partial charge >= 0.3 is 5.97 Å². The van der Waals surface area contributed by atoms with E-state index in [0.717, 1.165) is 12.2 Å². The van der Waals surface area contributed by atoms with E-state index >= 15 is 0 Å². The maximum absolute atomic E-state index is 11.1. The first kappa shape index (κ1) is 12.9. The molecule has 0 amide bonds. The molecule has 4 nitrogen and oxygen atoms in total. The number of aliphatic carboxylic acids is 1. The van der Waals surface area contributed by atoms with Gasteiger partial charge in [-0.15, -0.1) is 0 Å². The molecule has 0 radical (unpaired) electrons. The summed E-state index contributed by atoms with van der Waals surface area (Å²) in [6.07, 6.45) is 2.41. The van der Waals surface area contributed by atoms with Gasteiger partial charge in [-0.2, -0.15) is 0 Å². The molecule has 0 aromatic heterocycles. The molecule has 1 aromatic rings. The first-order valence-corrected chi connectivity index (χ1v) is 6.30. The van der Waals surface area contributed by atoms with Crippen LogP contribution in [0.1, 0.15) is 24.8 Å². The van der Waals surface area contributed by atoms with Crippen LogP contribution in [0.5, 0.6) is 5.75 Å². The normalized spacial score (nSPS) is 16.9. The second kappa shape index (κ2) is 5.40. The molecule has 18 heavy (non-hydrogen) atoms. The van der Waals surface area contributed by atoms with Crippen LogP contribution < -0.4 is 10.1 Å². The number of carboxylic acids is 1. The van der Waals surface area contributed by atoms with E-state index in [2.05, 4.69) is 5.32 Å². The van der Waals surface area contributed by atoms with Crippen molar-refractivity contribution in [2.45, 2.75) is 31.7 Å². The summed E-state index contributed by atoms with van der Waals surface area (Å²) in [6.45, 7) is 3.07. The highest BCUT2D eigenvalue weighted by molar-refractivity contribution is 5.79. The molecule has 0 saturated heterocycles. The van der Waals surface area contributed by atoms with E-state index < -0.39 is 11.5 Å². The van der Waals surface area contributed by atoms with Gasteiger partial charge in [0.2, 0.25) is 0 Å². The molecule has 1 saturated carbocycles. The molecule has 0 heterocycles. The van der Waals surface area contributed by atoms with E-state index in [-0.39, 0.29) is 0 Å². The predicted molar refractivity (Wildman–Crippen MR) is 68.9 cm³/mol. The molecular weight excluding hydrogens is 230 g/mol. The largest absolute Gasteiger partial charge is 0.492 e. The van der Waals surface area contributed by atoms with Crippen LogP contribution in [0.4, 0.5) is 0 Å². The van der Waals surface area contributed by atoms with Crippen LogP contribution in [0.3, 0.4) is 0 Å². The average Bonchev–Trinajstić information content (AvgIpc) is 2.29. The van der Waals surface area contributed by atoms with Gasteiger partial charge in [0.1, 0.15) is 17.9 Å². The minimum atomic E-state index is -0.746. The van der Waals surface area contributed by atoms with E-state index in [1.165, 1.54) is 5.56 Å². The molecule has 0 unspecified atom stereocenters. The minimum absolute atomic E-state index is 0.484. The van der Waals surface area contributed by atoms with Crippen LogP contribution in [-0.2, 0) is 4.79 Å². The van der Waals surface area contributed by atoms with Crippen molar-refractivity contribution in [2.75, 3.05) is 13.2 Å². The second-order valence-corrected chi connectivity index (χ2v) is 4.83. The summed E-state index contributed by atoms with van der Waals surface area (Å²) in [6, 6.07) is 7.83. The Labute approximate surface area is 107 Å². The minimum Gasteiger partial charge on any atom is -0.492 e. The molecule has 98 valence electrons. The lowest BCUT2D eigenvalue weighted by Gasteiger charge is -2.38. The first-order valence-electron chi connectivity index (χ1n) is 6.30. The van der Waals surface area contributed by atoms with Crippen LogP contribution in [0.15, 0.2) is 24.3 Å². The quantitative estimate of drug-likeness (QED) is 0.757. The van der Waals surface area contributed by atoms with Crippen molar-refractivity contribution in [2.24, 2.45) is 0 Å². The molecule has 0 aliphatic heterocycles. The topological polar surface area (TPSA) is 58.6 Å². The summed E-state index contributed by atoms with van der Waals surface area (Å²) in [5, 5.41) is 12.2. The van der Waals surface area contributed by atoms with E-state index in [9.17, 15) is 4.79 Å². The second-order valence-electron chi connectivity index (χ2n) is 4.83. The van der Waals surface area contributed by atoms with Crippen molar-refractivity contribution < 1.29 is 14.6 Å². The standard InChI is InChI=1S/C14H19NO3/c1-11-3-5-12(6-4-11)18-10-9-15-14(13(16)17)7-2-8-14/h3-6,15H,2,7-10H2,1H3,(H,16,17). The number of ether oxygens (including phenoxy) is 1. The van der Waals surface area contributed by atoms with Crippen molar-refractivity contribution in [3.05, 3.63) is 29.8 Å². The fourth-order valence-corrected chi connectivity index (χ4v) is 2.09. The van der Waals surface area contributed by atoms with Crippen LogP contribution in [0.2, 0.25) is 0 Å². The third kappa shape index (κ3) is 2.82. The van der Waals surface area contributed by atoms with Crippen molar-refractivity contribution >= 4 is 5.97 Å². The number of hydrogen-bond donors (Lipinski definition) is 2. The highest BCUT2D eigenvalue weighted by Gasteiger charge is 2.43. The first-order chi connectivity index (χ1) is 8.62. The van der Waals surface area contributed by atoms with Gasteiger partial charge in [0, 0.05) is 6.54 Å². The smallest absolute Gasteiger partial charge is 0.323 e. The molecule has 2 N–H and O–H groups in total. The van der Waals surface area contributed by atoms with Crippen molar-refractivity contribution in [1.29, 1.82) is 0 Å². The molecule has 1 aromatic carbocycles. The third-order valence-corrected chi connectivity index (χ3v) is 3.47. The number of benzene rings is 1. The van der Waals surface area contributed by atoms with Gasteiger partial charge in [0.25, 0.3) is 0 Å². The number of nitrogens with one attached hydrogen (secondary N) is 1. The summed E-state index contributed by atoms with van der Waals surface area (Å²) < 4.78 is 5.55. The van der Waals surface area contributed by atoms with Gasteiger partial charge in [-0.3, -0.25) is 10.1 Å². The Bertz CT molecular complexity index is 410. The lowest BCUT2D eigenvalue weighted by molar-refractivity contribution is -0.148. The Hall–Kier alpha value is -1.55. The summed E-state index contributed by atoms with van der Waals surface area (Å²) in [7, 11) is 0. The number of carboxylic acid groups (broad SMARTS) is 1. The van der Waals surface area contributed by atoms with Crippen LogP contribution >= 0.6 is 0 Å². The zero-order valence-corrected chi connectivity index (χ0v) is 10.6. The number of rotatable bonds is 6. The molecule has 4 heteroatoms. The molecule has 1 aliphatic carbocycles. The zero-order chi connectivity index (χ0) is 13.0. The Balaban J connectivity index is 1.73. The van der Waals surface area contributed by atoms with Gasteiger partial charge in [-0.25, -0.2) is 0 Å². The molecule has 1 fully saturated rings. The number of carbonyl (C=O) groups is 1. The third-order valence-electron chi connectivity index (χ3n) is 3.47. The molecule has 2 rings (SSSR count). The molecule has 0 bridgehead atoms. The van der Waals surface area contributed by atoms with Gasteiger partial charge in [0.15, 0.2) is 0 Å². The van der Waals surface area contributed by atoms with Gasteiger partial charge in [-0.1, -0.05) is 17.7 Å². The fourth-order valence-electron chi connectivity index (χ4n) is 2.09. The average molecular weight is 249 g/mol. The van der Waals surface area contributed by atoms with Crippen molar-refractivity contribution in [1.82, 2.24) is 5.32 Å². The predicted octanol–water partition coefficient (Wildman–Crippen LogP) is 1.97. The summed E-state index contributed by atoms with van der Waals surface area (Å²) in [5.74, 6) is 0.0736. The molecule has 1 aliphatic rings. The van der Waals surface area contributed by atoms with Crippen molar-refractivity contribution in [3.63, 3.8) is 0 Å². The van der Waals surface area contributed by atoms with Gasteiger partial charge in [0.05, 0.1) is 0 Å². The Morgan fingerprint density at radius 2 is 2.06 bits per heavy atom. The fraction of sp³-hybridized carbons (Fsp3) is 0.500. The Morgan fingerprint density at radius 1 is 1.39 bits per heavy atom. The monoisotopic (exact) mass is 249 g/mol. The lowest BCUT2D eigenvalue weighted by atomic mass is 9.77. The zero-order valence-electron chi connectivity index (χ0n) is 10.6. The van der Waals surface area contributed by atoms with E-state index in [4.69, 9.17) is 9.84 Å². The maximum Gasteiger partial charge on any atom is 0.323 e. The van der Waals surface area contributed by atoms with E-state index in [1.807, 2.05) is 31.2 Å². The Kier molecular flexibility index (Phi) is 3.87. The summed E-state index contributed by atoms with van der Waals surface area (Å²) in [4.78, 5) is 11.1. The highest BCUT2D eigenvalue weighted by Crippen LogP contribution is 2.31. The van der Waals surface area contributed by atoms with Crippen LogP contribution in [-0.4, -0.2) is 29.8 Å². The molecular formula is C14H19NO3. The van der Waals surface area contributed by atoms with Gasteiger partial charge < -0.3 is 9.84 Å². The lowest BCUT2D eigenvalue weighted by Crippen LogP contribution is -2.57. The molecule has 0 atom stereocenters. The number of hydrogen-bond acceptors (Lipinski definition) is 3. The van der Waals surface area contributed by atoms with Crippen LogP contribution in [0.25, 0.3) is 0 Å². The highest BCUT2D eigenvalue weighted by atomic mass is 16.5. The van der Waals surface area contributed by atoms with E-state index in [1.54, 1.807) is 0 Å². The summed E-state index contributed by atoms with van der Waals surface area (Å²) in [5.41, 5.74) is 0.496. The Morgan fingerprint density at radius 3 is 2.56 bits per heavy atom. The van der Waals surface area contributed by atoms with Crippen LogP contribution in [0, 0.1) is 6.92 Å².